The van der Waals surface area contributed by atoms with E-state index >= 15 is 0 Å². The van der Waals surface area contributed by atoms with Crippen molar-refractivity contribution in [3.05, 3.63) is 75.7 Å². The maximum Gasteiger partial charge on any atom is 0.267 e. The average molecular weight is 427 g/mol. The van der Waals surface area contributed by atoms with Gasteiger partial charge in [0.1, 0.15) is 23.7 Å². The van der Waals surface area contributed by atoms with Gasteiger partial charge in [0.25, 0.3) is 11.5 Å². The van der Waals surface area contributed by atoms with Crippen molar-refractivity contribution in [3.63, 3.8) is 0 Å². The molecule has 2 amide bonds. The Balaban J connectivity index is 1.99. The molecule has 154 valence electrons. The Bertz CT molecular complexity index is 1140. The lowest BCUT2D eigenvalue weighted by atomic mass is 10.2. The number of ether oxygens (including phenoxy) is 1. The molecule has 3 rings (SSSR count). The molecule has 0 saturated heterocycles. The van der Waals surface area contributed by atoms with Crippen molar-refractivity contribution >= 4 is 29.1 Å². The minimum Gasteiger partial charge on any atom is -0.497 e. The molecule has 1 aromatic heterocycles. The summed E-state index contributed by atoms with van der Waals surface area (Å²) in [4.78, 5) is 41.9. The first kappa shape index (κ1) is 21.1. The van der Waals surface area contributed by atoms with Crippen molar-refractivity contribution in [1.29, 1.82) is 0 Å². The zero-order valence-electron chi connectivity index (χ0n) is 16.3. The predicted octanol–water partition coefficient (Wildman–Crippen LogP) is 2.57. The van der Waals surface area contributed by atoms with Crippen LogP contribution in [0.2, 0.25) is 5.02 Å². The SMILES string of the molecule is CNC(=O)c1cnc(-c2ccc(Cl)cc2)n(CC(=O)Nc2cccc(OC)c2)c1=O. The van der Waals surface area contributed by atoms with Gasteiger partial charge in [-0.25, -0.2) is 4.98 Å². The van der Waals surface area contributed by atoms with E-state index in [9.17, 15) is 14.4 Å². The van der Waals surface area contributed by atoms with Crippen LogP contribution in [0.25, 0.3) is 11.4 Å². The fourth-order valence-electron chi connectivity index (χ4n) is 2.80. The van der Waals surface area contributed by atoms with Crippen LogP contribution >= 0.6 is 11.6 Å². The molecule has 0 bridgehead atoms. The number of halogens is 1. The maximum atomic E-state index is 13.0. The highest BCUT2D eigenvalue weighted by Gasteiger charge is 2.18. The third-order valence-corrected chi connectivity index (χ3v) is 4.53. The number of aromatic nitrogens is 2. The third kappa shape index (κ3) is 4.66. The van der Waals surface area contributed by atoms with Crippen LogP contribution in [0.1, 0.15) is 10.4 Å². The summed E-state index contributed by atoms with van der Waals surface area (Å²) in [5.41, 5.74) is 0.296. The summed E-state index contributed by atoms with van der Waals surface area (Å²) in [6.07, 6.45) is 1.20. The summed E-state index contributed by atoms with van der Waals surface area (Å²) in [5, 5.41) is 5.63. The average Bonchev–Trinajstić information content (AvgIpc) is 2.75. The van der Waals surface area contributed by atoms with Crippen LogP contribution < -0.4 is 20.9 Å². The second-order valence-corrected chi connectivity index (χ2v) is 6.69. The van der Waals surface area contributed by atoms with Crippen LogP contribution in [0.15, 0.2) is 59.5 Å². The Morgan fingerprint density at radius 2 is 1.90 bits per heavy atom. The molecule has 0 aliphatic rings. The Morgan fingerprint density at radius 3 is 2.57 bits per heavy atom. The molecule has 9 heteroatoms. The van der Waals surface area contributed by atoms with Crippen LogP contribution in [0.3, 0.4) is 0 Å². The third-order valence-electron chi connectivity index (χ3n) is 4.28. The van der Waals surface area contributed by atoms with E-state index in [0.717, 1.165) is 4.57 Å². The van der Waals surface area contributed by atoms with Crippen LogP contribution in [0.5, 0.6) is 5.75 Å². The number of carbonyl (C=O) groups is 2. The molecule has 0 fully saturated rings. The van der Waals surface area contributed by atoms with E-state index < -0.39 is 17.4 Å². The summed E-state index contributed by atoms with van der Waals surface area (Å²) in [6.45, 7) is -0.341. The number of anilines is 1. The summed E-state index contributed by atoms with van der Waals surface area (Å²) in [5.74, 6) is -0.228. The maximum absolute atomic E-state index is 13.0. The first-order valence-electron chi connectivity index (χ1n) is 8.94. The lowest BCUT2D eigenvalue weighted by molar-refractivity contribution is -0.116. The van der Waals surface area contributed by atoms with Crippen molar-refractivity contribution in [1.82, 2.24) is 14.9 Å². The molecule has 0 atom stereocenters. The molecule has 0 aliphatic carbocycles. The standard InChI is InChI=1S/C21H19ClN4O4/c1-23-20(28)17-11-24-19(13-6-8-14(22)9-7-13)26(21(17)29)12-18(27)25-15-4-3-5-16(10-15)30-2/h3-11H,12H2,1-2H3,(H,23,28)(H,25,27). The number of amides is 2. The van der Waals surface area contributed by atoms with E-state index in [-0.39, 0.29) is 17.9 Å². The molecular weight excluding hydrogens is 408 g/mol. The molecule has 0 unspecified atom stereocenters. The van der Waals surface area contributed by atoms with Gasteiger partial charge in [-0.3, -0.25) is 19.0 Å². The Kier molecular flexibility index (Phi) is 6.48. The topological polar surface area (TPSA) is 102 Å². The van der Waals surface area contributed by atoms with Gasteiger partial charge in [-0.15, -0.1) is 0 Å². The quantitative estimate of drug-likeness (QED) is 0.630. The van der Waals surface area contributed by atoms with Crippen molar-refractivity contribution in [2.24, 2.45) is 0 Å². The molecule has 30 heavy (non-hydrogen) atoms. The summed E-state index contributed by atoms with van der Waals surface area (Å²) in [6, 6.07) is 13.5. The van der Waals surface area contributed by atoms with Crippen molar-refractivity contribution in [2.45, 2.75) is 6.54 Å². The lowest BCUT2D eigenvalue weighted by Crippen LogP contribution is -2.35. The van der Waals surface area contributed by atoms with Gasteiger partial charge >= 0.3 is 0 Å². The highest BCUT2D eigenvalue weighted by molar-refractivity contribution is 6.30. The van der Waals surface area contributed by atoms with Gasteiger partial charge in [0, 0.05) is 35.6 Å². The van der Waals surface area contributed by atoms with Crippen molar-refractivity contribution in [2.75, 3.05) is 19.5 Å². The largest absolute Gasteiger partial charge is 0.497 e. The summed E-state index contributed by atoms with van der Waals surface area (Å²) in [7, 11) is 2.93. The van der Waals surface area contributed by atoms with Gasteiger partial charge in [0.15, 0.2) is 0 Å². The molecule has 3 aromatic rings. The molecule has 0 spiro atoms. The molecule has 8 nitrogen and oxygen atoms in total. The van der Waals surface area contributed by atoms with Crippen LogP contribution in [0.4, 0.5) is 5.69 Å². The van der Waals surface area contributed by atoms with Gasteiger partial charge < -0.3 is 15.4 Å². The van der Waals surface area contributed by atoms with E-state index in [1.54, 1.807) is 48.5 Å². The molecule has 2 aromatic carbocycles. The van der Waals surface area contributed by atoms with E-state index in [4.69, 9.17) is 16.3 Å². The van der Waals surface area contributed by atoms with Crippen LogP contribution in [0, 0.1) is 0 Å². The second kappa shape index (κ2) is 9.23. The summed E-state index contributed by atoms with van der Waals surface area (Å²) < 4.78 is 6.30. The molecule has 2 N–H and O–H groups in total. The normalized spacial score (nSPS) is 10.4. The Hall–Kier alpha value is -3.65. The zero-order chi connectivity index (χ0) is 21.7. The van der Waals surface area contributed by atoms with Gasteiger partial charge in [-0.2, -0.15) is 0 Å². The predicted molar refractivity (Wildman–Crippen MR) is 114 cm³/mol. The first-order chi connectivity index (χ1) is 14.4. The number of nitrogens with one attached hydrogen (secondary N) is 2. The number of methoxy groups -OCH3 is 1. The number of carbonyl (C=O) groups excluding carboxylic acids is 2. The number of nitrogens with zero attached hydrogens (tertiary/aromatic N) is 2. The number of benzene rings is 2. The highest BCUT2D eigenvalue weighted by atomic mass is 35.5. The summed E-state index contributed by atoms with van der Waals surface area (Å²) >= 11 is 5.94. The van der Waals surface area contributed by atoms with Crippen molar-refractivity contribution < 1.29 is 14.3 Å². The van der Waals surface area contributed by atoms with Gasteiger partial charge in [-0.05, 0) is 36.4 Å². The lowest BCUT2D eigenvalue weighted by Gasteiger charge is -2.14. The first-order valence-corrected chi connectivity index (χ1v) is 9.32. The molecular formula is C21H19ClN4O4. The monoisotopic (exact) mass is 426 g/mol. The Morgan fingerprint density at radius 1 is 1.17 bits per heavy atom. The highest BCUT2D eigenvalue weighted by Crippen LogP contribution is 2.20. The number of hydrogen-bond acceptors (Lipinski definition) is 5. The van der Waals surface area contributed by atoms with Gasteiger partial charge in [0.05, 0.1) is 7.11 Å². The fourth-order valence-corrected chi connectivity index (χ4v) is 2.93. The minimum atomic E-state index is -0.630. The fraction of sp³-hybridized carbons (Fsp3) is 0.143. The van der Waals surface area contributed by atoms with Crippen LogP contribution in [-0.2, 0) is 11.3 Å². The van der Waals surface area contributed by atoms with Gasteiger partial charge in [0.2, 0.25) is 5.91 Å². The van der Waals surface area contributed by atoms with E-state index in [1.165, 1.54) is 20.4 Å². The van der Waals surface area contributed by atoms with E-state index in [0.29, 0.717) is 22.0 Å². The number of rotatable bonds is 6. The Labute approximate surface area is 177 Å². The molecule has 1 heterocycles. The molecule has 0 radical (unpaired) electrons. The zero-order valence-corrected chi connectivity index (χ0v) is 17.1. The number of hydrogen-bond donors (Lipinski definition) is 2. The molecule has 0 saturated carbocycles. The van der Waals surface area contributed by atoms with Crippen LogP contribution in [-0.4, -0.2) is 35.5 Å². The molecule has 0 aliphatic heterocycles. The van der Waals surface area contributed by atoms with Gasteiger partial charge in [-0.1, -0.05) is 17.7 Å². The second-order valence-electron chi connectivity index (χ2n) is 6.25. The smallest absolute Gasteiger partial charge is 0.267 e. The minimum absolute atomic E-state index is 0.163. The van der Waals surface area contributed by atoms with E-state index in [1.807, 2.05) is 0 Å². The van der Waals surface area contributed by atoms with Crippen molar-refractivity contribution in [3.8, 4) is 17.1 Å². The van der Waals surface area contributed by atoms with E-state index in [2.05, 4.69) is 15.6 Å².